The number of rotatable bonds is 3. The predicted molar refractivity (Wildman–Crippen MR) is 86.6 cm³/mol. The zero-order valence-electron chi connectivity index (χ0n) is 14.0. The van der Waals surface area contributed by atoms with Crippen LogP contribution in [0.2, 0.25) is 0 Å². The van der Waals surface area contributed by atoms with Gasteiger partial charge in [0.2, 0.25) is 11.8 Å². The standard InChI is InChI=1S/C16H21N5O3/c1-10(2)14-19-20-15(24-14)13-9-23-5-4-21(13)16(22)18-12-6-11(3)7-17-8-12/h6-8,10,13H,4-5,9H2,1-3H3,(H,18,22)/t13-/m1/s1. The Labute approximate surface area is 140 Å². The van der Waals surface area contributed by atoms with Crippen LogP contribution in [0.4, 0.5) is 10.5 Å². The highest BCUT2D eigenvalue weighted by Gasteiger charge is 2.33. The third-order valence-electron chi connectivity index (χ3n) is 3.75. The Morgan fingerprint density at radius 1 is 1.38 bits per heavy atom. The minimum absolute atomic E-state index is 0.136. The van der Waals surface area contributed by atoms with Gasteiger partial charge in [0.25, 0.3) is 0 Å². The number of nitrogens with one attached hydrogen (secondary N) is 1. The molecule has 2 amide bonds. The van der Waals surface area contributed by atoms with E-state index in [9.17, 15) is 4.79 Å². The number of hydrogen-bond acceptors (Lipinski definition) is 6. The number of nitrogens with zero attached hydrogens (tertiary/aromatic N) is 4. The number of aromatic nitrogens is 3. The maximum Gasteiger partial charge on any atom is 0.322 e. The van der Waals surface area contributed by atoms with E-state index in [-0.39, 0.29) is 11.9 Å². The largest absolute Gasteiger partial charge is 0.423 e. The number of aryl methyl sites for hydroxylation is 1. The average Bonchev–Trinajstić information content (AvgIpc) is 3.05. The molecule has 0 aromatic carbocycles. The number of anilines is 1. The Kier molecular flexibility index (Phi) is 4.75. The minimum atomic E-state index is -0.392. The van der Waals surface area contributed by atoms with Crippen LogP contribution in [0.1, 0.15) is 43.2 Å². The van der Waals surface area contributed by atoms with E-state index >= 15 is 0 Å². The number of carbonyl (C=O) groups is 1. The minimum Gasteiger partial charge on any atom is -0.423 e. The van der Waals surface area contributed by atoms with E-state index in [1.807, 2.05) is 26.8 Å². The molecule has 0 unspecified atom stereocenters. The second-order valence-electron chi connectivity index (χ2n) is 6.10. The zero-order chi connectivity index (χ0) is 17.1. The van der Waals surface area contributed by atoms with Crippen LogP contribution in [0.5, 0.6) is 0 Å². The van der Waals surface area contributed by atoms with Crippen LogP contribution in [-0.4, -0.2) is 45.9 Å². The SMILES string of the molecule is Cc1cncc(NC(=O)N2CCOC[C@@H]2c2nnc(C(C)C)o2)c1. The first-order valence-electron chi connectivity index (χ1n) is 7.95. The van der Waals surface area contributed by atoms with Crippen molar-refractivity contribution in [1.29, 1.82) is 0 Å². The molecule has 128 valence electrons. The van der Waals surface area contributed by atoms with Crippen molar-refractivity contribution in [2.24, 2.45) is 0 Å². The molecule has 0 saturated carbocycles. The molecule has 2 aromatic rings. The monoisotopic (exact) mass is 331 g/mol. The molecule has 1 aliphatic rings. The fourth-order valence-corrected chi connectivity index (χ4v) is 2.48. The van der Waals surface area contributed by atoms with E-state index in [4.69, 9.17) is 9.15 Å². The molecule has 1 saturated heterocycles. The second-order valence-corrected chi connectivity index (χ2v) is 6.10. The van der Waals surface area contributed by atoms with Gasteiger partial charge in [-0.3, -0.25) is 4.98 Å². The molecular formula is C16H21N5O3. The predicted octanol–water partition coefficient (Wildman–Crippen LogP) is 2.50. The number of urea groups is 1. The highest BCUT2D eigenvalue weighted by Crippen LogP contribution is 2.25. The van der Waals surface area contributed by atoms with Crippen LogP contribution in [0.15, 0.2) is 22.9 Å². The summed E-state index contributed by atoms with van der Waals surface area (Å²) < 4.78 is 11.2. The fourth-order valence-electron chi connectivity index (χ4n) is 2.48. The lowest BCUT2D eigenvalue weighted by Gasteiger charge is -2.33. The number of amides is 2. The van der Waals surface area contributed by atoms with Crippen LogP contribution in [0.3, 0.4) is 0 Å². The molecule has 3 heterocycles. The summed E-state index contributed by atoms with van der Waals surface area (Å²) in [6.07, 6.45) is 3.35. The van der Waals surface area contributed by atoms with Gasteiger partial charge in [-0.1, -0.05) is 13.8 Å². The van der Waals surface area contributed by atoms with Crippen LogP contribution in [0, 0.1) is 6.92 Å². The molecule has 1 aliphatic heterocycles. The first-order chi connectivity index (χ1) is 11.5. The van der Waals surface area contributed by atoms with Crippen LogP contribution < -0.4 is 5.32 Å². The van der Waals surface area contributed by atoms with Crippen molar-refractivity contribution >= 4 is 11.7 Å². The maximum atomic E-state index is 12.6. The third kappa shape index (κ3) is 3.53. The summed E-state index contributed by atoms with van der Waals surface area (Å²) in [4.78, 5) is 18.4. The van der Waals surface area contributed by atoms with Crippen molar-refractivity contribution in [3.05, 3.63) is 35.8 Å². The molecule has 24 heavy (non-hydrogen) atoms. The summed E-state index contributed by atoms with van der Waals surface area (Å²) >= 11 is 0. The zero-order valence-corrected chi connectivity index (χ0v) is 14.0. The molecule has 1 atom stereocenters. The van der Waals surface area contributed by atoms with Gasteiger partial charge < -0.3 is 19.4 Å². The van der Waals surface area contributed by atoms with E-state index in [1.165, 1.54) is 0 Å². The fraction of sp³-hybridized carbons (Fsp3) is 0.500. The van der Waals surface area contributed by atoms with E-state index in [0.29, 0.717) is 37.2 Å². The Morgan fingerprint density at radius 3 is 2.92 bits per heavy atom. The lowest BCUT2D eigenvalue weighted by atomic mass is 10.2. The number of hydrogen-bond donors (Lipinski definition) is 1. The molecule has 1 N–H and O–H groups in total. The number of carbonyl (C=O) groups excluding carboxylic acids is 1. The highest BCUT2D eigenvalue weighted by molar-refractivity contribution is 5.89. The summed E-state index contributed by atoms with van der Waals surface area (Å²) in [7, 11) is 0. The number of ether oxygens (including phenoxy) is 1. The lowest BCUT2D eigenvalue weighted by molar-refractivity contribution is 0.00494. The molecule has 3 rings (SSSR count). The molecule has 0 aliphatic carbocycles. The average molecular weight is 331 g/mol. The van der Waals surface area contributed by atoms with E-state index < -0.39 is 6.04 Å². The summed E-state index contributed by atoms with van der Waals surface area (Å²) in [6.45, 7) is 7.13. The van der Waals surface area contributed by atoms with E-state index in [2.05, 4.69) is 20.5 Å². The van der Waals surface area contributed by atoms with Gasteiger partial charge >= 0.3 is 6.03 Å². The molecule has 0 radical (unpaired) electrons. The molecule has 2 aromatic heterocycles. The molecule has 0 spiro atoms. The van der Waals surface area contributed by atoms with Crippen LogP contribution in [-0.2, 0) is 4.74 Å². The van der Waals surface area contributed by atoms with Crippen molar-refractivity contribution in [3.8, 4) is 0 Å². The van der Waals surface area contributed by atoms with E-state index in [0.717, 1.165) is 5.56 Å². The summed E-state index contributed by atoms with van der Waals surface area (Å²) in [5.74, 6) is 1.09. The Hall–Kier alpha value is -2.48. The quantitative estimate of drug-likeness (QED) is 0.929. The smallest absolute Gasteiger partial charge is 0.322 e. The lowest BCUT2D eigenvalue weighted by Crippen LogP contribution is -2.45. The second kappa shape index (κ2) is 6.96. The number of morpholine rings is 1. The van der Waals surface area contributed by atoms with Gasteiger partial charge in [0, 0.05) is 18.7 Å². The van der Waals surface area contributed by atoms with Gasteiger partial charge in [-0.2, -0.15) is 0 Å². The summed E-state index contributed by atoms with van der Waals surface area (Å²) in [5, 5.41) is 11.0. The Bertz CT molecular complexity index is 715. The van der Waals surface area contributed by atoms with Crippen molar-refractivity contribution in [2.45, 2.75) is 32.7 Å². The van der Waals surface area contributed by atoms with Crippen molar-refractivity contribution in [3.63, 3.8) is 0 Å². The summed E-state index contributed by atoms with van der Waals surface area (Å²) in [6, 6.07) is 1.24. The van der Waals surface area contributed by atoms with Crippen molar-refractivity contribution < 1.29 is 13.9 Å². The normalized spacial score (nSPS) is 18.0. The molecule has 0 bridgehead atoms. The first kappa shape index (κ1) is 16.4. The third-order valence-corrected chi connectivity index (χ3v) is 3.75. The highest BCUT2D eigenvalue weighted by atomic mass is 16.5. The maximum absolute atomic E-state index is 12.6. The molecular weight excluding hydrogens is 310 g/mol. The number of pyridine rings is 1. The summed E-state index contributed by atoms with van der Waals surface area (Å²) in [5.41, 5.74) is 1.63. The van der Waals surface area contributed by atoms with Crippen molar-refractivity contribution in [1.82, 2.24) is 20.1 Å². The van der Waals surface area contributed by atoms with Crippen molar-refractivity contribution in [2.75, 3.05) is 25.1 Å². The Morgan fingerprint density at radius 2 is 2.21 bits per heavy atom. The van der Waals surface area contributed by atoms with Gasteiger partial charge in [0.15, 0.2) is 0 Å². The van der Waals surface area contributed by atoms with E-state index in [1.54, 1.807) is 17.3 Å². The van der Waals surface area contributed by atoms with Gasteiger partial charge in [0.1, 0.15) is 6.04 Å². The topological polar surface area (TPSA) is 93.4 Å². The van der Waals surface area contributed by atoms with Gasteiger partial charge in [-0.15, -0.1) is 10.2 Å². The first-order valence-corrected chi connectivity index (χ1v) is 7.95. The molecule has 8 nitrogen and oxygen atoms in total. The van der Waals surface area contributed by atoms with Gasteiger partial charge in [0.05, 0.1) is 25.1 Å². The van der Waals surface area contributed by atoms with Crippen LogP contribution >= 0.6 is 0 Å². The molecule has 8 heteroatoms. The van der Waals surface area contributed by atoms with Gasteiger partial charge in [-0.25, -0.2) is 4.79 Å². The van der Waals surface area contributed by atoms with Crippen LogP contribution in [0.25, 0.3) is 0 Å². The van der Waals surface area contributed by atoms with Gasteiger partial charge in [-0.05, 0) is 18.6 Å². The Balaban J connectivity index is 1.77. The molecule has 1 fully saturated rings.